The lowest BCUT2D eigenvalue weighted by Crippen LogP contribution is -2.27. The molecule has 1 amide bonds. The molecule has 1 heterocycles. The van der Waals surface area contributed by atoms with Crippen molar-refractivity contribution in [2.45, 2.75) is 20.8 Å². The highest BCUT2D eigenvalue weighted by Gasteiger charge is 2.23. The summed E-state index contributed by atoms with van der Waals surface area (Å²) in [7, 11) is 0. The topological polar surface area (TPSA) is 68.3 Å². The molecule has 2 rings (SSSR count). The van der Waals surface area contributed by atoms with E-state index in [1.54, 1.807) is 20.8 Å². The molecule has 20 heavy (non-hydrogen) atoms. The second kappa shape index (κ2) is 5.58. The van der Waals surface area contributed by atoms with Gasteiger partial charge < -0.3 is 4.74 Å². The van der Waals surface area contributed by atoms with Crippen LogP contribution in [0.3, 0.4) is 0 Å². The van der Waals surface area contributed by atoms with Gasteiger partial charge in [0.25, 0.3) is 5.91 Å². The van der Waals surface area contributed by atoms with E-state index >= 15 is 0 Å². The molecule has 1 aromatic heterocycles. The number of esters is 1. The number of carbonyl (C=O) groups excluding carboxylic acids is 2. The minimum absolute atomic E-state index is 0.300. The van der Waals surface area contributed by atoms with E-state index in [-0.39, 0.29) is 12.5 Å². The lowest BCUT2D eigenvalue weighted by molar-refractivity contribution is -0.155. The summed E-state index contributed by atoms with van der Waals surface area (Å²) in [4.78, 5) is 27.5. The Bertz CT molecular complexity index is 610. The molecule has 0 saturated heterocycles. The van der Waals surface area contributed by atoms with Crippen LogP contribution in [0.5, 0.6) is 0 Å². The van der Waals surface area contributed by atoms with Crippen molar-refractivity contribution in [3.63, 3.8) is 0 Å². The third-order valence-corrected chi connectivity index (χ3v) is 3.44. The highest BCUT2D eigenvalue weighted by molar-refractivity contribution is 7.22. The third kappa shape index (κ3) is 3.54. The van der Waals surface area contributed by atoms with E-state index in [9.17, 15) is 9.59 Å². The van der Waals surface area contributed by atoms with E-state index in [2.05, 4.69) is 10.3 Å². The number of nitrogens with one attached hydrogen (secondary N) is 1. The summed E-state index contributed by atoms with van der Waals surface area (Å²) >= 11 is 1.38. The summed E-state index contributed by atoms with van der Waals surface area (Å²) in [5.41, 5.74) is 0.218. The minimum Gasteiger partial charge on any atom is -0.455 e. The fraction of sp³-hybridized carbons (Fsp3) is 0.357. The first kappa shape index (κ1) is 14.5. The molecule has 1 aromatic carbocycles. The van der Waals surface area contributed by atoms with E-state index in [4.69, 9.17) is 4.74 Å². The summed E-state index contributed by atoms with van der Waals surface area (Å²) in [6, 6.07) is 7.61. The maximum absolute atomic E-state index is 11.7. The van der Waals surface area contributed by atoms with E-state index in [1.807, 2.05) is 24.3 Å². The van der Waals surface area contributed by atoms with Gasteiger partial charge in [0.2, 0.25) is 0 Å². The summed E-state index contributed by atoms with van der Waals surface area (Å²) in [5, 5.41) is 3.13. The summed E-state index contributed by atoms with van der Waals surface area (Å²) < 4.78 is 5.94. The number of benzene rings is 1. The van der Waals surface area contributed by atoms with Crippen molar-refractivity contribution in [3.05, 3.63) is 24.3 Å². The molecular weight excluding hydrogens is 276 g/mol. The van der Waals surface area contributed by atoms with Gasteiger partial charge in [-0.15, -0.1) is 0 Å². The largest absolute Gasteiger partial charge is 0.455 e. The monoisotopic (exact) mass is 292 g/mol. The van der Waals surface area contributed by atoms with Crippen molar-refractivity contribution in [3.8, 4) is 0 Å². The molecule has 6 heteroatoms. The van der Waals surface area contributed by atoms with Crippen LogP contribution in [0.4, 0.5) is 5.13 Å². The Hall–Kier alpha value is -1.95. The molecular formula is C14H16N2O3S. The molecule has 1 N–H and O–H groups in total. The first-order valence-electron chi connectivity index (χ1n) is 6.19. The number of para-hydroxylation sites is 1. The number of fused-ring (bicyclic) bond motifs is 1. The zero-order chi connectivity index (χ0) is 14.8. The average molecular weight is 292 g/mol. The van der Waals surface area contributed by atoms with Gasteiger partial charge in [-0.25, -0.2) is 4.98 Å². The number of hydrogen-bond donors (Lipinski definition) is 1. The number of carbonyl (C=O) groups is 2. The fourth-order valence-electron chi connectivity index (χ4n) is 1.43. The quantitative estimate of drug-likeness (QED) is 0.883. The molecule has 0 saturated carbocycles. The SMILES string of the molecule is CC(C)(C)C(=O)OCC(=O)Nc1nc2ccccc2s1. The first-order chi connectivity index (χ1) is 9.36. The van der Waals surface area contributed by atoms with Crippen LogP contribution in [-0.2, 0) is 14.3 Å². The predicted octanol–water partition coefficient (Wildman–Crippen LogP) is 2.82. The zero-order valence-corrected chi connectivity index (χ0v) is 12.4. The van der Waals surface area contributed by atoms with Crippen LogP contribution < -0.4 is 5.32 Å². The molecule has 2 aromatic rings. The van der Waals surface area contributed by atoms with E-state index < -0.39 is 11.4 Å². The van der Waals surface area contributed by atoms with Crippen LogP contribution in [0.15, 0.2) is 24.3 Å². The van der Waals surface area contributed by atoms with Gasteiger partial charge >= 0.3 is 5.97 Å². The van der Waals surface area contributed by atoms with Crippen LogP contribution in [0, 0.1) is 5.41 Å². The Morgan fingerprint density at radius 1 is 1.30 bits per heavy atom. The Morgan fingerprint density at radius 2 is 2.00 bits per heavy atom. The number of aromatic nitrogens is 1. The number of hydrogen-bond acceptors (Lipinski definition) is 5. The predicted molar refractivity (Wildman–Crippen MR) is 78.7 cm³/mol. The van der Waals surface area contributed by atoms with Crippen molar-refractivity contribution in [1.82, 2.24) is 4.98 Å². The van der Waals surface area contributed by atoms with Crippen molar-refractivity contribution < 1.29 is 14.3 Å². The summed E-state index contributed by atoms with van der Waals surface area (Å²) in [5.74, 6) is -0.793. The number of amides is 1. The normalized spacial score (nSPS) is 11.3. The molecule has 0 bridgehead atoms. The zero-order valence-electron chi connectivity index (χ0n) is 11.6. The Labute approximate surface area is 121 Å². The number of anilines is 1. The first-order valence-corrected chi connectivity index (χ1v) is 7.00. The van der Waals surface area contributed by atoms with Crippen molar-refractivity contribution >= 4 is 38.6 Å². The number of thiazole rings is 1. The highest BCUT2D eigenvalue weighted by Crippen LogP contribution is 2.25. The van der Waals surface area contributed by atoms with E-state index in [1.165, 1.54) is 11.3 Å². The van der Waals surface area contributed by atoms with Gasteiger partial charge in [-0.1, -0.05) is 23.5 Å². The molecule has 0 aliphatic carbocycles. The number of ether oxygens (including phenoxy) is 1. The van der Waals surface area contributed by atoms with Gasteiger partial charge in [-0.05, 0) is 32.9 Å². The third-order valence-electron chi connectivity index (χ3n) is 2.49. The van der Waals surface area contributed by atoms with Gasteiger partial charge in [0.15, 0.2) is 11.7 Å². The van der Waals surface area contributed by atoms with Crippen molar-refractivity contribution in [2.24, 2.45) is 5.41 Å². The summed E-state index contributed by atoms with van der Waals surface area (Å²) in [6.07, 6.45) is 0. The second-order valence-electron chi connectivity index (χ2n) is 5.36. The molecule has 0 fully saturated rings. The smallest absolute Gasteiger partial charge is 0.311 e. The van der Waals surface area contributed by atoms with E-state index in [0.29, 0.717) is 5.13 Å². The molecule has 0 atom stereocenters. The number of nitrogens with zero attached hydrogens (tertiary/aromatic N) is 1. The van der Waals surface area contributed by atoms with Gasteiger partial charge in [0.05, 0.1) is 15.6 Å². The van der Waals surface area contributed by atoms with Gasteiger partial charge in [-0.3, -0.25) is 14.9 Å². The second-order valence-corrected chi connectivity index (χ2v) is 6.39. The number of rotatable bonds is 3. The van der Waals surface area contributed by atoms with Crippen LogP contribution in [0.1, 0.15) is 20.8 Å². The molecule has 0 radical (unpaired) electrons. The van der Waals surface area contributed by atoms with Gasteiger partial charge in [0.1, 0.15) is 0 Å². The average Bonchev–Trinajstić information content (AvgIpc) is 2.76. The minimum atomic E-state index is -0.615. The van der Waals surface area contributed by atoms with Crippen LogP contribution in [0.25, 0.3) is 10.2 Å². The van der Waals surface area contributed by atoms with Gasteiger partial charge in [-0.2, -0.15) is 0 Å². The van der Waals surface area contributed by atoms with Crippen LogP contribution in [0.2, 0.25) is 0 Å². The molecule has 0 aliphatic heterocycles. The molecule has 5 nitrogen and oxygen atoms in total. The lowest BCUT2D eigenvalue weighted by Gasteiger charge is -2.15. The molecule has 106 valence electrons. The van der Waals surface area contributed by atoms with Crippen LogP contribution in [-0.4, -0.2) is 23.5 Å². The standard InChI is InChI=1S/C14H16N2O3S/c1-14(2,3)12(18)19-8-11(17)16-13-15-9-6-4-5-7-10(9)20-13/h4-7H,8H2,1-3H3,(H,15,16,17). The van der Waals surface area contributed by atoms with Crippen LogP contribution >= 0.6 is 11.3 Å². The maximum Gasteiger partial charge on any atom is 0.311 e. The lowest BCUT2D eigenvalue weighted by atomic mass is 9.97. The van der Waals surface area contributed by atoms with Crippen molar-refractivity contribution in [2.75, 3.05) is 11.9 Å². The van der Waals surface area contributed by atoms with E-state index in [0.717, 1.165) is 10.2 Å². The Balaban J connectivity index is 1.93. The Kier molecular flexibility index (Phi) is 4.04. The van der Waals surface area contributed by atoms with Gasteiger partial charge in [0, 0.05) is 0 Å². The Morgan fingerprint density at radius 3 is 2.65 bits per heavy atom. The fourth-order valence-corrected chi connectivity index (χ4v) is 2.31. The summed E-state index contributed by atoms with van der Waals surface area (Å²) in [6.45, 7) is 4.91. The molecule has 0 unspecified atom stereocenters. The molecule has 0 spiro atoms. The maximum atomic E-state index is 11.7. The molecule has 0 aliphatic rings. The van der Waals surface area contributed by atoms with Crippen molar-refractivity contribution in [1.29, 1.82) is 0 Å². The highest BCUT2D eigenvalue weighted by atomic mass is 32.1.